The largest absolute Gasteiger partial charge is 0.508 e. The number of fused-ring (bicyclic) bond motifs is 1. The van der Waals surface area contributed by atoms with Crippen LogP contribution in [0.25, 0.3) is 11.6 Å². The van der Waals surface area contributed by atoms with Crippen LogP contribution in [0, 0.1) is 17.8 Å². The van der Waals surface area contributed by atoms with Gasteiger partial charge in [-0.05, 0) is 83.5 Å². The van der Waals surface area contributed by atoms with E-state index < -0.39 is 36.4 Å². The van der Waals surface area contributed by atoms with Gasteiger partial charge in [-0.1, -0.05) is 60.1 Å². The molecule has 0 aromatic heterocycles. The smallest absolute Gasteiger partial charge is 0.238 e. The molecule has 4 N–H and O–H groups in total. The van der Waals surface area contributed by atoms with E-state index in [1.165, 1.54) is 11.0 Å². The molecule has 1 aliphatic heterocycles. The molecule has 5 rings (SSSR count). The molecule has 3 aromatic carbocycles. The maximum Gasteiger partial charge on any atom is 0.238 e. The second-order valence-corrected chi connectivity index (χ2v) is 10.9. The monoisotopic (exact) mass is 573 g/mol. The maximum atomic E-state index is 13.6. The third-order valence-electron chi connectivity index (χ3n) is 8.09. The van der Waals surface area contributed by atoms with E-state index in [2.05, 4.69) is 0 Å². The van der Waals surface area contributed by atoms with Crippen molar-refractivity contribution in [3.05, 3.63) is 106 Å². The van der Waals surface area contributed by atoms with Gasteiger partial charge in [0.2, 0.25) is 11.8 Å². The minimum atomic E-state index is -1.06. The number of imide groups is 1. The summed E-state index contributed by atoms with van der Waals surface area (Å²) in [6.45, 7) is -0.827. The summed E-state index contributed by atoms with van der Waals surface area (Å²) in [4.78, 5) is 28.1. The molecule has 8 heteroatoms. The molecule has 4 atom stereocenters. The summed E-state index contributed by atoms with van der Waals surface area (Å²) in [5.74, 6) is -3.04. The van der Waals surface area contributed by atoms with E-state index >= 15 is 0 Å². The number of aromatic hydroxyl groups is 1. The lowest BCUT2D eigenvalue weighted by Crippen LogP contribution is -2.39. The Bertz CT molecular complexity index is 1490. The second-order valence-electron chi connectivity index (χ2n) is 10.5. The highest BCUT2D eigenvalue weighted by Crippen LogP contribution is 2.47. The molecular weight excluding hydrogens is 542 g/mol. The van der Waals surface area contributed by atoms with Crippen LogP contribution in [0.15, 0.2) is 90.0 Å². The van der Waals surface area contributed by atoms with E-state index in [0.29, 0.717) is 33.8 Å². The van der Waals surface area contributed by atoms with Crippen LogP contribution in [0.4, 0.5) is 5.69 Å². The van der Waals surface area contributed by atoms with Crippen molar-refractivity contribution >= 4 is 40.8 Å². The van der Waals surface area contributed by atoms with E-state index in [9.17, 15) is 30.0 Å². The Morgan fingerprint density at radius 1 is 0.976 bits per heavy atom. The van der Waals surface area contributed by atoms with Crippen molar-refractivity contribution in [2.45, 2.75) is 25.4 Å². The Labute approximate surface area is 243 Å². The van der Waals surface area contributed by atoms with Gasteiger partial charge in [0.1, 0.15) is 5.75 Å². The summed E-state index contributed by atoms with van der Waals surface area (Å²) in [5.41, 5.74) is 3.91. The fraction of sp³-hybridized carbons (Fsp3) is 0.273. The number of rotatable bonds is 9. The van der Waals surface area contributed by atoms with Crippen LogP contribution in [0.1, 0.15) is 30.4 Å². The topological polar surface area (TPSA) is 118 Å². The van der Waals surface area contributed by atoms with Gasteiger partial charge in [-0.15, -0.1) is 0 Å². The van der Waals surface area contributed by atoms with Gasteiger partial charge in [0.25, 0.3) is 0 Å². The highest BCUT2D eigenvalue weighted by Gasteiger charge is 2.55. The molecule has 7 nitrogen and oxygen atoms in total. The number of allylic oxidation sites excluding steroid dienone is 1. The summed E-state index contributed by atoms with van der Waals surface area (Å²) >= 11 is 6.37. The molecule has 0 bridgehead atoms. The molecule has 3 aromatic rings. The Morgan fingerprint density at radius 2 is 1.66 bits per heavy atom. The molecule has 0 unspecified atom stereocenters. The zero-order valence-corrected chi connectivity index (χ0v) is 23.1. The lowest BCUT2D eigenvalue weighted by atomic mass is 9.68. The van der Waals surface area contributed by atoms with Crippen LogP contribution >= 0.6 is 11.6 Å². The Morgan fingerprint density at radius 3 is 2.29 bits per heavy atom. The lowest BCUT2D eigenvalue weighted by Gasteiger charge is -2.36. The number of hydrogen-bond acceptors (Lipinski definition) is 6. The van der Waals surface area contributed by atoms with E-state index in [-0.39, 0.29) is 31.1 Å². The van der Waals surface area contributed by atoms with Gasteiger partial charge < -0.3 is 20.4 Å². The average Bonchev–Trinajstić information content (AvgIpc) is 3.24. The standard InChI is InChI=1S/C33H32ClNO6/c34-28-17-25(38)13-11-22(28)15-21(20-7-3-1-4-8-20)12-14-29(39)30-23(18-36)16-26-31(27(30)19-37)33(41)35(32(26)40)24-9-5-2-6-10-24/h1-11,13,15,17,26-27,29,31,36-39H,12,14,16,18-19H2/b21-15-/t26-,27+,29-,31-/m1/s1. The third kappa shape index (κ3) is 5.72. The van der Waals surface area contributed by atoms with Crippen molar-refractivity contribution < 1.29 is 30.0 Å². The number of nitrogens with zero attached hydrogens (tertiary/aromatic N) is 1. The molecule has 41 heavy (non-hydrogen) atoms. The lowest BCUT2D eigenvalue weighted by molar-refractivity contribution is -0.123. The van der Waals surface area contributed by atoms with Crippen molar-refractivity contribution in [1.82, 2.24) is 0 Å². The van der Waals surface area contributed by atoms with Gasteiger partial charge in [-0.2, -0.15) is 0 Å². The number of para-hydroxylation sites is 1. The number of phenolic OH excluding ortho intramolecular Hbond substituents is 1. The van der Waals surface area contributed by atoms with Crippen LogP contribution in [-0.2, 0) is 9.59 Å². The number of benzene rings is 3. The number of phenols is 1. The van der Waals surface area contributed by atoms with E-state index in [4.69, 9.17) is 11.6 Å². The number of carbonyl (C=O) groups is 2. The number of aliphatic hydroxyl groups is 3. The first kappa shape index (κ1) is 28.8. The SMILES string of the molecule is O=C1[C@@H]2[C@@H](CC(CO)=C([C@H](O)CC/C(=C/c3ccc(O)cc3Cl)c3ccccc3)[C@@H]2CO)C(=O)N1c1ccccc1. The summed E-state index contributed by atoms with van der Waals surface area (Å²) < 4.78 is 0. The summed E-state index contributed by atoms with van der Waals surface area (Å²) in [6.07, 6.45) is 1.64. The molecular formula is C33H32ClNO6. The highest BCUT2D eigenvalue weighted by molar-refractivity contribution is 6.32. The minimum absolute atomic E-state index is 0.0590. The average molecular weight is 574 g/mol. The van der Waals surface area contributed by atoms with Gasteiger partial charge in [0.15, 0.2) is 0 Å². The predicted octanol–water partition coefficient (Wildman–Crippen LogP) is 4.83. The second kappa shape index (κ2) is 12.4. The van der Waals surface area contributed by atoms with Crippen molar-refractivity contribution in [2.24, 2.45) is 17.8 Å². The number of aliphatic hydroxyl groups excluding tert-OH is 3. The normalized spacial score (nSPS) is 21.8. The molecule has 0 spiro atoms. The molecule has 0 saturated carbocycles. The quantitative estimate of drug-likeness (QED) is 0.165. The van der Waals surface area contributed by atoms with Crippen LogP contribution in [0.3, 0.4) is 0 Å². The van der Waals surface area contributed by atoms with Crippen LogP contribution in [0.5, 0.6) is 5.75 Å². The van der Waals surface area contributed by atoms with Crippen LogP contribution in [-0.4, -0.2) is 51.6 Å². The molecule has 1 fully saturated rings. The summed E-state index contributed by atoms with van der Waals surface area (Å²) in [5, 5.41) is 42.4. The minimum Gasteiger partial charge on any atom is -0.508 e. The molecule has 2 amide bonds. The Kier molecular flexibility index (Phi) is 8.71. The van der Waals surface area contributed by atoms with Crippen molar-refractivity contribution in [2.75, 3.05) is 18.1 Å². The van der Waals surface area contributed by atoms with Crippen LogP contribution in [0.2, 0.25) is 5.02 Å². The van der Waals surface area contributed by atoms with Crippen molar-refractivity contribution in [3.8, 4) is 5.75 Å². The number of carbonyl (C=O) groups excluding carboxylic acids is 2. The van der Waals surface area contributed by atoms with Crippen LogP contribution < -0.4 is 4.90 Å². The zero-order valence-electron chi connectivity index (χ0n) is 22.4. The first-order chi connectivity index (χ1) is 19.8. The van der Waals surface area contributed by atoms with Gasteiger partial charge in [0.05, 0.1) is 41.9 Å². The molecule has 212 valence electrons. The predicted molar refractivity (Wildman–Crippen MR) is 158 cm³/mol. The molecule has 1 aliphatic carbocycles. The van der Waals surface area contributed by atoms with E-state index in [1.807, 2.05) is 36.4 Å². The zero-order chi connectivity index (χ0) is 29.1. The first-order valence-electron chi connectivity index (χ1n) is 13.6. The van der Waals surface area contributed by atoms with Gasteiger partial charge in [-0.3, -0.25) is 14.5 Å². The molecule has 1 heterocycles. The maximum absolute atomic E-state index is 13.6. The molecule has 0 radical (unpaired) electrons. The van der Waals surface area contributed by atoms with Gasteiger partial charge in [-0.25, -0.2) is 0 Å². The first-order valence-corrected chi connectivity index (χ1v) is 14.0. The Hall–Kier alpha value is -3.75. The van der Waals surface area contributed by atoms with Crippen molar-refractivity contribution in [3.63, 3.8) is 0 Å². The molecule has 1 saturated heterocycles. The Balaban J connectivity index is 1.44. The number of halogens is 1. The number of hydrogen-bond donors (Lipinski definition) is 4. The number of anilines is 1. The fourth-order valence-electron chi connectivity index (χ4n) is 6.16. The summed E-state index contributed by atoms with van der Waals surface area (Å²) in [7, 11) is 0. The molecule has 2 aliphatic rings. The summed E-state index contributed by atoms with van der Waals surface area (Å²) in [6, 6.07) is 23.0. The van der Waals surface area contributed by atoms with Gasteiger partial charge in [0, 0.05) is 5.92 Å². The highest BCUT2D eigenvalue weighted by atomic mass is 35.5. The van der Waals surface area contributed by atoms with E-state index in [1.54, 1.807) is 42.5 Å². The number of amides is 2. The third-order valence-corrected chi connectivity index (χ3v) is 8.42. The fourth-order valence-corrected chi connectivity index (χ4v) is 6.39. The van der Waals surface area contributed by atoms with Gasteiger partial charge >= 0.3 is 0 Å². The van der Waals surface area contributed by atoms with Crippen molar-refractivity contribution in [1.29, 1.82) is 0 Å². The van der Waals surface area contributed by atoms with E-state index in [0.717, 1.165) is 11.1 Å².